The summed E-state index contributed by atoms with van der Waals surface area (Å²) in [6.45, 7) is -0.677. The van der Waals surface area contributed by atoms with Crippen molar-refractivity contribution in [3.63, 3.8) is 0 Å². The highest BCUT2D eigenvalue weighted by molar-refractivity contribution is 9.11. The minimum Gasteiger partial charge on any atom is -0.480 e. The molecule has 2 fully saturated rings. The molecule has 3 N–H and O–H groups in total. The molecule has 2 aromatic heterocycles. The van der Waals surface area contributed by atoms with Crippen LogP contribution in [0.4, 0.5) is 0 Å². The first-order chi connectivity index (χ1) is 13.9. The smallest absolute Gasteiger partial charge is 0.327 e. The van der Waals surface area contributed by atoms with Crippen molar-refractivity contribution in [3.05, 3.63) is 50.9 Å². The third kappa shape index (κ3) is 3.20. The lowest BCUT2D eigenvalue weighted by Crippen LogP contribution is -2.58. The minimum absolute atomic E-state index is 0.115. The molecule has 0 aromatic carbocycles. The normalized spacial score (nSPS) is 28.8. The van der Waals surface area contributed by atoms with Crippen LogP contribution in [0.3, 0.4) is 0 Å². The van der Waals surface area contributed by atoms with E-state index < -0.39 is 47.8 Å². The summed E-state index contributed by atoms with van der Waals surface area (Å²) < 4.78 is 0.825. The van der Waals surface area contributed by atoms with Crippen LogP contribution < -0.4 is 5.32 Å². The van der Waals surface area contributed by atoms with Gasteiger partial charge in [0.1, 0.15) is 0 Å². The molecule has 10 heteroatoms. The van der Waals surface area contributed by atoms with Gasteiger partial charge in [0.05, 0.1) is 28.3 Å². The Kier molecular flexibility index (Phi) is 5.28. The maximum absolute atomic E-state index is 13.2. The SMILES string of the molecule is O=C1C2C(c3ccc(Br)s3)NC(CO)(C(=O)O)C2C(=O)N1CCc1ccccn1. The number of thiophene rings is 1. The monoisotopic (exact) mass is 479 g/mol. The van der Waals surface area contributed by atoms with Crippen molar-refractivity contribution in [1.82, 2.24) is 15.2 Å². The quantitative estimate of drug-likeness (QED) is 0.532. The topological polar surface area (TPSA) is 120 Å². The average Bonchev–Trinajstić information content (AvgIpc) is 3.36. The molecule has 2 saturated heterocycles. The zero-order valence-electron chi connectivity index (χ0n) is 15.1. The molecular weight excluding hydrogens is 462 g/mol. The Morgan fingerprint density at radius 2 is 2.07 bits per heavy atom. The number of nitrogens with one attached hydrogen (secondary N) is 1. The Morgan fingerprint density at radius 3 is 2.66 bits per heavy atom. The fourth-order valence-electron chi connectivity index (χ4n) is 4.20. The third-order valence-electron chi connectivity index (χ3n) is 5.59. The summed E-state index contributed by atoms with van der Waals surface area (Å²) in [5.74, 6) is -4.40. The Hall–Kier alpha value is -2.14. The van der Waals surface area contributed by atoms with Gasteiger partial charge < -0.3 is 10.2 Å². The number of carboxylic acids is 1. The van der Waals surface area contributed by atoms with Gasteiger partial charge in [0.25, 0.3) is 0 Å². The zero-order valence-corrected chi connectivity index (χ0v) is 17.5. The van der Waals surface area contributed by atoms with Gasteiger partial charge in [-0.2, -0.15) is 0 Å². The number of imide groups is 1. The van der Waals surface area contributed by atoms with Crippen LogP contribution in [0.1, 0.15) is 16.6 Å². The van der Waals surface area contributed by atoms with Gasteiger partial charge in [0.15, 0.2) is 5.54 Å². The number of aliphatic carboxylic acids is 1. The van der Waals surface area contributed by atoms with E-state index in [2.05, 4.69) is 26.2 Å². The Morgan fingerprint density at radius 1 is 1.28 bits per heavy atom. The molecule has 0 saturated carbocycles. The van der Waals surface area contributed by atoms with E-state index >= 15 is 0 Å². The number of hydrogen-bond acceptors (Lipinski definition) is 7. The second-order valence-electron chi connectivity index (χ2n) is 7.10. The lowest BCUT2D eigenvalue weighted by Gasteiger charge is -2.28. The molecule has 2 aliphatic rings. The number of carboxylic acid groups (broad SMARTS) is 1. The number of carbonyl (C=O) groups is 3. The first kappa shape index (κ1) is 20.1. The van der Waals surface area contributed by atoms with Crippen molar-refractivity contribution in [2.45, 2.75) is 18.0 Å². The number of hydrogen-bond donors (Lipinski definition) is 3. The number of aromatic nitrogens is 1. The molecular formula is C19H18BrN3O5S. The summed E-state index contributed by atoms with van der Waals surface area (Å²) in [6, 6.07) is 8.31. The Balaban J connectivity index is 1.68. The van der Waals surface area contributed by atoms with Crippen molar-refractivity contribution < 1.29 is 24.6 Å². The van der Waals surface area contributed by atoms with Gasteiger partial charge in [-0.05, 0) is 40.2 Å². The van der Waals surface area contributed by atoms with E-state index in [-0.39, 0.29) is 6.54 Å². The maximum Gasteiger partial charge on any atom is 0.327 e. The van der Waals surface area contributed by atoms with Crippen molar-refractivity contribution in [2.24, 2.45) is 11.8 Å². The molecule has 4 heterocycles. The molecule has 2 amide bonds. The summed E-state index contributed by atoms with van der Waals surface area (Å²) in [7, 11) is 0. The lowest BCUT2D eigenvalue weighted by molar-refractivity contribution is -0.153. The second kappa shape index (κ2) is 7.60. The highest BCUT2D eigenvalue weighted by Crippen LogP contribution is 2.50. The van der Waals surface area contributed by atoms with Crippen molar-refractivity contribution in [2.75, 3.05) is 13.2 Å². The van der Waals surface area contributed by atoms with Gasteiger partial charge in [-0.15, -0.1) is 11.3 Å². The number of nitrogens with zero attached hydrogens (tertiary/aromatic N) is 2. The number of rotatable bonds is 6. The van der Waals surface area contributed by atoms with E-state index in [0.29, 0.717) is 6.42 Å². The predicted octanol–water partition coefficient (Wildman–Crippen LogP) is 1.21. The van der Waals surface area contributed by atoms with Crippen LogP contribution in [0.15, 0.2) is 40.3 Å². The van der Waals surface area contributed by atoms with Gasteiger partial charge in [0, 0.05) is 29.7 Å². The molecule has 152 valence electrons. The Labute approximate surface area is 178 Å². The van der Waals surface area contributed by atoms with Gasteiger partial charge in [-0.3, -0.25) is 29.6 Å². The number of aliphatic hydroxyl groups is 1. The fraction of sp³-hybridized carbons (Fsp3) is 0.368. The van der Waals surface area contributed by atoms with Crippen LogP contribution in [0.5, 0.6) is 0 Å². The van der Waals surface area contributed by atoms with E-state index in [1.54, 1.807) is 30.5 Å². The largest absolute Gasteiger partial charge is 0.480 e. The van der Waals surface area contributed by atoms with Crippen LogP contribution in [0, 0.1) is 11.8 Å². The fourth-order valence-corrected chi connectivity index (χ4v) is 5.73. The highest BCUT2D eigenvalue weighted by atomic mass is 79.9. The first-order valence-corrected chi connectivity index (χ1v) is 10.6. The maximum atomic E-state index is 13.2. The summed E-state index contributed by atoms with van der Waals surface area (Å²) in [5, 5.41) is 22.7. The predicted molar refractivity (Wildman–Crippen MR) is 107 cm³/mol. The molecule has 0 bridgehead atoms. The Bertz CT molecular complexity index is 968. The van der Waals surface area contributed by atoms with Crippen LogP contribution in [-0.4, -0.2) is 56.6 Å². The molecule has 4 atom stereocenters. The second-order valence-corrected chi connectivity index (χ2v) is 9.60. The number of amides is 2. The number of aliphatic hydroxyl groups excluding tert-OH is 1. The standard InChI is InChI=1S/C19H18BrN3O5S/c20-12-5-4-11(29-12)15-13-14(19(9-24,22-15)18(27)28)17(26)23(16(13)25)8-6-10-3-1-2-7-21-10/h1-5,7,13-15,22,24H,6,8-9H2,(H,27,28). The van der Waals surface area contributed by atoms with Crippen molar-refractivity contribution in [3.8, 4) is 0 Å². The van der Waals surface area contributed by atoms with E-state index in [1.807, 2.05) is 6.07 Å². The van der Waals surface area contributed by atoms with Gasteiger partial charge in [0.2, 0.25) is 11.8 Å². The van der Waals surface area contributed by atoms with Crippen LogP contribution in [0.25, 0.3) is 0 Å². The molecule has 0 aliphatic carbocycles. The van der Waals surface area contributed by atoms with E-state index in [1.165, 1.54) is 11.3 Å². The number of halogens is 1. The van der Waals surface area contributed by atoms with E-state index in [9.17, 15) is 24.6 Å². The zero-order chi connectivity index (χ0) is 20.8. The molecule has 0 spiro atoms. The van der Waals surface area contributed by atoms with Crippen molar-refractivity contribution >= 4 is 45.1 Å². The summed E-state index contributed by atoms with van der Waals surface area (Å²) in [5.41, 5.74) is -1.17. The first-order valence-electron chi connectivity index (χ1n) is 9.01. The van der Waals surface area contributed by atoms with E-state index in [4.69, 9.17) is 0 Å². The molecule has 29 heavy (non-hydrogen) atoms. The highest BCUT2D eigenvalue weighted by Gasteiger charge is 2.68. The summed E-state index contributed by atoms with van der Waals surface area (Å²) >= 11 is 4.73. The molecule has 2 aromatic rings. The molecule has 2 aliphatic heterocycles. The van der Waals surface area contributed by atoms with Crippen molar-refractivity contribution in [1.29, 1.82) is 0 Å². The van der Waals surface area contributed by atoms with Crippen LogP contribution in [0.2, 0.25) is 0 Å². The molecule has 4 unspecified atom stereocenters. The average molecular weight is 480 g/mol. The van der Waals surface area contributed by atoms with Gasteiger partial charge in [-0.1, -0.05) is 6.07 Å². The van der Waals surface area contributed by atoms with E-state index in [0.717, 1.165) is 19.3 Å². The van der Waals surface area contributed by atoms with Gasteiger partial charge in [-0.25, -0.2) is 0 Å². The number of fused-ring (bicyclic) bond motifs is 1. The number of carbonyl (C=O) groups excluding carboxylic acids is 2. The number of likely N-dealkylation sites (tertiary alicyclic amines) is 1. The molecule has 4 rings (SSSR count). The summed E-state index contributed by atoms with van der Waals surface area (Å²) in [6.07, 6.45) is 2.01. The van der Waals surface area contributed by atoms with Crippen LogP contribution in [-0.2, 0) is 20.8 Å². The summed E-state index contributed by atoms with van der Waals surface area (Å²) in [4.78, 5) is 44.5. The van der Waals surface area contributed by atoms with Gasteiger partial charge >= 0.3 is 5.97 Å². The van der Waals surface area contributed by atoms with Crippen LogP contribution >= 0.6 is 27.3 Å². The molecule has 8 nitrogen and oxygen atoms in total. The third-order valence-corrected chi connectivity index (χ3v) is 7.30. The minimum atomic E-state index is -1.90. The lowest BCUT2D eigenvalue weighted by atomic mass is 9.80. The number of pyridine rings is 1. The molecule has 0 radical (unpaired) electrons.